The minimum atomic E-state index is 0.0267. The number of benzene rings is 4. The zero-order valence-electron chi connectivity index (χ0n) is 15.3. The van der Waals surface area contributed by atoms with Gasteiger partial charge in [-0.15, -0.1) is 0 Å². The molecule has 4 aromatic carbocycles. The summed E-state index contributed by atoms with van der Waals surface area (Å²) in [5.74, 6) is 0. The number of fused-ring (bicyclic) bond motifs is 3. The molecule has 1 aliphatic carbocycles. The molecule has 0 aromatic heterocycles. The van der Waals surface area contributed by atoms with Gasteiger partial charge in [0.15, 0.2) is 0 Å². The molecule has 1 aliphatic rings. The lowest BCUT2D eigenvalue weighted by Crippen LogP contribution is -2.22. The van der Waals surface area contributed by atoms with Crippen molar-refractivity contribution in [2.75, 3.05) is 0 Å². The van der Waals surface area contributed by atoms with Crippen molar-refractivity contribution < 1.29 is 0 Å². The van der Waals surface area contributed by atoms with E-state index in [-0.39, 0.29) is 5.41 Å². The molecule has 0 heterocycles. The van der Waals surface area contributed by atoms with E-state index in [1.807, 2.05) is 0 Å². The Bertz CT molecular complexity index is 1120. The Morgan fingerprint density at radius 3 is 2.00 bits per heavy atom. The second-order valence-corrected chi connectivity index (χ2v) is 7.52. The molecule has 0 nitrogen and oxygen atoms in total. The Labute approximate surface area is 155 Å². The average molecular weight is 334 g/mol. The van der Waals surface area contributed by atoms with Crippen LogP contribution in [-0.2, 0) is 5.41 Å². The van der Waals surface area contributed by atoms with Crippen molar-refractivity contribution in [2.45, 2.75) is 25.7 Å². The summed E-state index contributed by atoms with van der Waals surface area (Å²) in [6.45, 7) is 4.66. The molecule has 0 saturated heterocycles. The van der Waals surface area contributed by atoms with Crippen LogP contribution < -0.4 is 0 Å². The highest BCUT2D eigenvalue weighted by molar-refractivity contribution is 6.15. The van der Waals surface area contributed by atoms with E-state index in [0.29, 0.717) is 0 Å². The van der Waals surface area contributed by atoms with Crippen molar-refractivity contribution >= 4 is 10.8 Å². The summed E-state index contributed by atoms with van der Waals surface area (Å²) >= 11 is 0. The molecule has 26 heavy (non-hydrogen) atoms. The van der Waals surface area contributed by atoms with E-state index in [1.165, 1.54) is 44.2 Å². The van der Waals surface area contributed by atoms with Crippen LogP contribution in [0.5, 0.6) is 0 Å². The van der Waals surface area contributed by atoms with Gasteiger partial charge in [0, 0.05) is 5.41 Å². The molecular formula is C26H22. The van der Waals surface area contributed by atoms with Crippen LogP contribution in [0.1, 0.15) is 31.4 Å². The molecule has 0 spiro atoms. The van der Waals surface area contributed by atoms with Crippen LogP contribution in [0, 0.1) is 0 Å². The smallest absolute Gasteiger partial charge is 0.0172 e. The van der Waals surface area contributed by atoms with E-state index in [0.717, 1.165) is 6.42 Å². The maximum atomic E-state index is 2.43. The van der Waals surface area contributed by atoms with Gasteiger partial charge in [-0.25, -0.2) is 0 Å². The third kappa shape index (κ3) is 2.02. The first-order chi connectivity index (χ1) is 12.7. The van der Waals surface area contributed by atoms with Gasteiger partial charge in [0.1, 0.15) is 0 Å². The highest BCUT2D eigenvalue weighted by atomic mass is 14.3. The van der Waals surface area contributed by atoms with Gasteiger partial charge in [-0.2, -0.15) is 0 Å². The predicted molar refractivity (Wildman–Crippen MR) is 112 cm³/mol. The van der Waals surface area contributed by atoms with Crippen LogP contribution >= 0.6 is 0 Å². The maximum absolute atomic E-state index is 2.43. The highest BCUT2D eigenvalue weighted by Gasteiger charge is 2.29. The van der Waals surface area contributed by atoms with Crippen molar-refractivity contribution in [3.8, 4) is 22.3 Å². The van der Waals surface area contributed by atoms with Gasteiger partial charge in [0.05, 0.1) is 0 Å². The Kier molecular flexibility index (Phi) is 3.30. The molecule has 0 heteroatoms. The first-order valence-electron chi connectivity index (χ1n) is 9.45. The third-order valence-corrected chi connectivity index (χ3v) is 6.26. The molecule has 5 rings (SSSR count). The molecule has 0 radical (unpaired) electrons. The van der Waals surface area contributed by atoms with Gasteiger partial charge in [0.25, 0.3) is 0 Å². The lowest BCUT2D eigenvalue weighted by molar-refractivity contribution is 0.550. The van der Waals surface area contributed by atoms with E-state index < -0.39 is 0 Å². The van der Waals surface area contributed by atoms with Gasteiger partial charge in [0.2, 0.25) is 0 Å². The highest BCUT2D eigenvalue weighted by Crippen LogP contribution is 2.49. The summed E-state index contributed by atoms with van der Waals surface area (Å²) in [5.41, 5.74) is 8.31. The molecular weight excluding hydrogens is 312 g/mol. The van der Waals surface area contributed by atoms with Gasteiger partial charge < -0.3 is 0 Å². The van der Waals surface area contributed by atoms with E-state index in [1.54, 1.807) is 0 Å². The van der Waals surface area contributed by atoms with Crippen LogP contribution in [0.25, 0.3) is 33.0 Å². The van der Waals surface area contributed by atoms with Crippen molar-refractivity contribution in [1.82, 2.24) is 0 Å². The third-order valence-electron chi connectivity index (χ3n) is 6.26. The molecule has 1 atom stereocenters. The summed E-state index contributed by atoms with van der Waals surface area (Å²) in [6, 6.07) is 31.3. The van der Waals surface area contributed by atoms with Gasteiger partial charge in [-0.05, 0) is 56.6 Å². The van der Waals surface area contributed by atoms with Crippen LogP contribution in [-0.4, -0.2) is 0 Å². The average Bonchev–Trinajstić information content (AvgIpc) is 3.04. The molecule has 126 valence electrons. The molecule has 0 bridgehead atoms. The van der Waals surface area contributed by atoms with Crippen LogP contribution in [0.2, 0.25) is 0 Å². The summed E-state index contributed by atoms with van der Waals surface area (Å²) in [6.07, 6.45) is 1.08. The van der Waals surface area contributed by atoms with Crippen molar-refractivity contribution in [3.05, 3.63) is 96.1 Å². The lowest BCUT2D eigenvalue weighted by Gasteiger charge is -2.30. The normalized spacial score (nSPS) is 14.2. The summed E-state index contributed by atoms with van der Waals surface area (Å²) in [4.78, 5) is 0. The standard InChI is InChI=1S/C26H22/c1-3-26(2,19-11-5-4-6-12-19)20-15-16-21-22-13-7-9-18-10-8-14-23(25(18)22)24(21)17-20/h4-17H,3H2,1-2H3/t26-/m0/s1. The minimum Gasteiger partial charge on any atom is -0.0642 e. The Morgan fingerprint density at radius 2 is 1.31 bits per heavy atom. The SMILES string of the molecule is CC[C@@](C)(c1ccccc1)c1ccc2c(c1)-c1cccc3cccc-2c13. The molecule has 0 amide bonds. The van der Waals surface area contributed by atoms with E-state index in [2.05, 4.69) is 98.8 Å². The van der Waals surface area contributed by atoms with Crippen molar-refractivity contribution in [2.24, 2.45) is 0 Å². The monoisotopic (exact) mass is 334 g/mol. The van der Waals surface area contributed by atoms with Gasteiger partial charge >= 0.3 is 0 Å². The maximum Gasteiger partial charge on any atom is 0.0172 e. The van der Waals surface area contributed by atoms with Crippen LogP contribution in [0.3, 0.4) is 0 Å². The van der Waals surface area contributed by atoms with Crippen molar-refractivity contribution in [1.29, 1.82) is 0 Å². The van der Waals surface area contributed by atoms with Gasteiger partial charge in [-0.3, -0.25) is 0 Å². The Hall–Kier alpha value is -2.86. The molecule has 4 aromatic rings. The topological polar surface area (TPSA) is 0 Å². The van der Waals surface area contributed by atoms with Crippen LogP contribution in [0.15, 0.2) is 84.9 Å². The zero-order valence-corrected chi connectivity index (χ0v) is 15.3. The fraction of sp³-hybridized carbons (Fsp3) is 0.154. The lowest BCUT2D eigenvalue weighted by atomic mass is 9.73. The summed E-state index contributed by atoms with van der Waals surface area (Å²) in [7, 11) is 0. The van der Waals surface area contributed by atoms with Crippen LogP contribution in [0.4, 0.5) is 0 Å². The number of hydrogen-bond acceptors (Lipinski definition) is 0. The summed E-state index contributed by atoms with van der Waals surface area (Å²) < 4.78 is 0. The molecule has 0 fully saturated rings. The second-order valence-electron chi connectivity index (χ2n) is 7.52. The zero-order chi connectivity index (χ0) is 17.7. The Morgan fingerprint density at radius 1 is 0.615 bits per heavy atom. The molecule has 0 unspecified atom stereocenters. The Balaban J connectivity index is 1.74. The molecule has 0 N–H and O–H groups in total. The quantitative estimate of drug-likeness (QED) is 0.327. The van der Waals surface area contributed by atoms with Crippen molar-refractivity contribution in [3.63, 3.8) is 0 Å². The first kappa shape index (κ1) is 15.4. The summed E-state index contributed by atoms with van der Waals surface area (Å²) in [5, 5.41) is 2.74. The largest absolute Gasteiger partial charge is 0.0642 e. The fourth-order valence-electron chi connectivity index (χ4n) is 4.52. The molecule has 0 saturated carbocycles. The minimum absolute atomic E-state index is 0.0267. The predicted octanol–water partition coefficient (Wildman–Crippen LogP) is 7.20. The first-order valence-corrected chi connectivity index (χ1v) is 9.45. The number of hydrogen-bond donors (Lipinski definition) is 0. The second kappa shape index (κ2) is 5.57. The number of rotatable bonds is 3. The van der Waals surface area contributed by atoms with E-state index in [4.69, 9.17) is 0 Å². The fourth-order valence-corrected chi connectivity index (χ4v) is 4.52. The molecule has 0 aliphatic heterocycles. The van der Waals surface area contributed by atoms with E-state index >= 15 is 0 Å². The van der Waals surface area contributed by atoms with Gasteiger partial charge in [-0.1, -0.05) is 92.7 Å². The van der Waals surface area contributed by atoms with E-state index in [9.17, 15) is 0 Å².